The number of rotatable bonds is 9. The predicted octanol–water partition coefficient (Wildman–Crippen LogP) is 2.80. The molecule has 15 heavy (non-hydrogen) atoms. The smallest absolute Gasteiger partial charge is 0.264 e. The average Bonchev–Trinajstić information content (AvgIpc) is 2.07. The maximum absolute atomic E-state index is 10.2. The summed E-state index contributed by atoms with van der Waals surface area (Å²) in [5.74, 6) is 0.757. The van der Waals surface area contributed by atoms with Gasteiger partial charge in [-0.2, -0.15) is 8.42 Å². The second-order valence-electron chi connectivity index (χ2n) is 4.20. The van der Waals surface area contributed by atoms with Gasteiger partial charge in [0.25, 0.3) is 0 Å². The van der Waals surface area contributed by atoms with E-state index in [0.29, 0.717) is 6.42 Å². The number of unbranched alkanes of at least 4 members (excludes halogenated alkanes) is 4. The first-order valence-electron chi connectivity index (χ1n) is 5.53. The van der Waals surface area contributed by atoms with Gasteiger partial charge in [-0.15, -0.1) is 0 Å². The average molecular weight is 238 g/mol. The molecule has 0 atom stereocenters. The Morgan fingerprint density at radius 2 is 1.60 bits per heavy atom. The molecule has 1 N–H and O–H groups in total. The molecule has 0 fully saturated rings. The van der Waals surface area contributed by atoms with Crippen molar-refractivity contribution in [1.29, 1.82) is 0 Å². The minimum absolute atomic E-state index is 0.0863. The lowest BCUT2D eigenvalue weighted by molar-refractivity contribution is 0.261. The molecule has 0 amide bonds. The van der Waals surface area contributed by atoms with E-state index >= 15 is 0 Å². The van der Waals surface area contributed by atoms with Crippen molar-refractivity contribution in [3.8, 4) is 0 Å². The van der Waals surface area contributed by atoms with Crippen LogP contribution >= 0.6 is 0 Å². The molecule has 0 saturated heterocycles. The molecule has 0 saturated carbocycles. The van der Waals surface area contributed by atoms with Crippen molar-refractivity contribution in [3.05, 3.63) is 0 Å². The minimum Gasteiger partial charge on any atom is -0.264 e. The van der Waals surface area contributed by atoms with Crippen molar-refractivity contribution >= 4 is 10.4 Å². The zero-order valence-electron chi connectivity index (χ0n) is 9.61. The second kappa shape index (κ2) is 8.07. The first kappa shape index (κ1) is 14.9. The Labute approximate surface area is 93.0 Å². The van der Waals surface area contributed by atoms with Crippen LogP contribution in [0.4, 0.5) is 0 Å². The van der Waals surface area contributed by atoms with E-state index in [1.54, 1.807) is 0 Å². The van der Waals surface area contributed by atoms with Gasteiger partial charge in [-0.1, -0.05) is 46.0 Å². The minimum atomic E-state index is -4.23. The van der Waals surface area contributed by atoms with Crippen molar-refractivity contribution in [2.75, 3.05) is 6.61 Å². The Hall–Kier alpha value is -0.130. The molecule has 0 radical (unpaired) electrons. The van der Waals surface area contributed by atoms with Crippen LogP contribution in [-0.2, 0) is 14.6 Å². The topological polar surface area (TPSA) is 63.6 Å². The van der Waals surface area contributed by atoms with Gasteiger partial charge in [0.15, 0.2) is 0 Å². The highest BCUT2D eigenvalue weighted by atomic mass is 32.3. The Kier molecular flexibility index (Phi) is 8.00. The molecule has 0 bridgehead atoms. The molecule has 0 aliphatic rings. The van der Waals surface area contributed by atoms with Crippen molar-refractivity contribution in [2.45, 2.75) is 52.4 Å². The zero-order valence-corrected chi connectivity index (χ0v) is 10.4. The fraction of sp³-hybridized carbons (Fsp3) is 1.00. The van der Waals surface area contributed by atoms with Gasteiger partial charge in [0.05, 0.1) is 6.61 Å². The molecule has 92 valence electrons. The first-order valence-corrected chi connectivity index (χ1v) is 6.90. The Morgan fingerprint density at radius 3 is 2.13 bits per heavy atom. The van der Waals surface area contributed by atoms with Crippen molar-refractivity contribution in [2.24, 2.45) is 5.92 Å². The van der Waals surface area contributed by atoms with E-state index in [4.69, 9.17) is 4.55 Å². The Morgan fingerprint density at radius 1 is 1.07 bits per heavy atom. The summed E-state index contributed by atoms with van der Waals surface area (Å²) in [5, 5.41) is 0. The Balaban J connectivity index is 3.12. The normalized spacial score (nSPS) is 12.3. The van der Waals surface area contributed by atoms with Crippen molar-refractivity contribution in [3.63, 3.8) is 0 Å². The van der Waals surface area contributed by atoms with Crippen LogP contribution in [0.3, 0.4) is 0 Å². The third kappa shape index (κ3) is 13.9. The summed E-state index contributed by atoms with van der Waals surface area (Å²) in [6.45, 7) is 4.50. The standard InChI is InChI=1S/C10H22O4S/c1-10(2)8-6-4-3-5-7-9-14-15(11,12)13/h10H,3-9H2,1-2H3,(H,11,12,13). The summed E-state index contributed by atoms with van der Waals surface area (Å²) >= 11 is 0. The van der Waals surface area contributed by atoms with Gasteiger partial charge in [-0.25, -0.2) is 4.18 Å². The summed E-state index contributed by atoms with van der Waals surface area (Å²) in [4.78, 5) is 0. The quantitative estimate of drug-likeness (QED) is 0.495. The van der Waals surface area contributed by atoms with E-state index in [0.717, 1.165) is 18.8 Å². The van der Waals surface area contributed by atoms with Gasteiger partial charge < -0.3 is 0 Å². The van der Waals surface area contributed by atoms with Crippen LogP contribution in [0, 0.1) is 5.92 Å². The molecule has 0 aliphatic carbocycles. The third-order valence-corrected chi connectivity index (χ3v) is 2.62. The molecule has 0 aromatic rings. The molecular weight excluding hydrogens is 216 g/mol. The summed E-state index contributed by atoms with van der Waals surface area (Å²) in [5.41, 5.74) is 0. The molecule has 0 heterocycles. The summed E-state index contributed by atoms with van der Waals surface area (Å²) < 4.78 is 32.8. The van der Waals surface area contributed by atoms with Crippen LogP contribution in [0.25, 0.3) is 0 Å². The molecular formula is C10H22O4S. The first-order chi connectivity index (χ1) is 6.92. The molecule has 0 spiro atoms. The second-order valence-corrected chi connectivity index (χ2v) is 5.29. The van der Waals surface area contributed by atoms with Crippen LogP contribution < -0.4 is 0 Å². The maximum atomic E-state index is 10.2. The van der Waals surface area contributed by atoms with Crippen LogP contribution in [-0.4, -0.2) is 19.6 Å². The highest BCUT2D eigenvalue weighted by Gasteiger charge is 2.02. The SMILES string of the molecule is CC(C)CCCCCCCOS(=O)(=O)O. The van der Waals surface area contributed by atoms with Gasteiger partial charge >= 0.3 is 10.4 Å². The van der Waals surface area contributed by atoms with E-state index in [1.807, 2.05) is 0 Å². The van der Waals surface area contributed by atoms with Crippen molar-refractivity contribution < 1.29 is 17.2 Å². The predicted molar refractivity (Wildman–Crippen MR) is 60.0 cm³/mol. The molecule has 0 aliphatic heterocycles. The largest absolute Gasteiger partial charge is 0.397 e. The van der Waals surface area contributed by atoms with Crippen LogP contribution in [0.5, 0.6) is 0 Å². The molecule has 5 heteroatoms. The monoisotopic (exact) mass is 238 g/mol. The molecule has 0 aromatic carbocycles. The molecule has 0 unspecified atom stereocenters. The van der Waals surface area contributed by atoms with E-state index in [1.165, 1.54) is 19.3 Å². The fourth-order valence-corrected chi connectivity index (χ4v) is 1.68. The molecule has 0 rings (SSSR count). The van der Waals surface area contributed by atoms with Gasteiger partial charge in [0.2, 0.25) is 0 Å². The summed E-state index contributed by atoms with van der Waals surface area (Å²) in [7, 11) is -4.23. The van der Waals surface area contributed by atoms with Gasteiger partial charge in [-0.05, 0) is 12.3 Å². The number of hydrogen-bond acceptors (Lipinski definition) is 3. The maximum Gasteiger partial charge on any atom is 0.397 e. The van der Waals surface area contributed by atoms with Gasteiger partial charge in [0, 0.05) is 0 Å². The van der Waals surface area contributed by atoms with Gasteiger partial charge in [0.1, 0.15) is 0 Å². The molecule has 0 aromatic heterocycles. The van der Waals surface area contributed by atoms with Crippen LogP contribution in [0.2, 0.25) is 0 Å². The fourth-order valence-electron chi connectivity index (χ4n) is 1.35. The van der Waals surface area contributed by atoms with E-state index < -0.39 is 10.4 Å². The van der Waals surface area contributed by atoms with Gasteiger partial charge in [-0.3, -0.25) is 4.55 Å². The lowest BCUT2D eigenvalue weighted by Gasteiger charge is -2.04. The van der Waals surface area contributed by atoms with E-state index in [9.17, 15) is 8.42 Å². The highest BCUT2D eigenvalue weighted by molar-refractivity contribution is 7.80. The molecule has 4 nitrogen and oxygen atoms in total. The van der Waals surface area contributed by atoms with Crippen LogP contribution in [0.1, 0.15) is 52.4 Å². The zero-order chi connectivity index (χ0) is 11.7. The summed E-state index contributed by atoms with van der Waals surface area (Å²) in [6, 6.07) is 0. The number of hydrogen-bond donors (Lipinski definition) is 1. The lowest BCUT2D eigenvalue weighted by Crippen LogP contribution is -2.04. The summed E-state index contributed by atoms with van der Waals surface area (Å²) in [6.07, 6.45) is 6.40. The lowest BCUT2D eigenvalue weighted by atomic mass is 10.0. The van der Waals surface area contributed by atoms with Crippen molar-refractivity contribution in [1.82, 2.24) is 0 Å². The van der Waals surface area contributed by atoms with E-state index in [-0.39, 0.29) is 6.61 Å². The Bertz CT molecular complexity index is 234. The van der Waals surface area contributed by atoms with Crippen LogP contribution in [0.15, 0.2) is 0 Å². The van der Waals surface area contributed by atoms with E-state index in [2.05, 4.69) is 18.0 Å². The highest BCUT2D eigenvalue weighted by Crippen LogP contribution is 2.10. The third-order valence-electron chi connectivity index (χ3n) is 2.16.